The summed E-state index contributed by atoms with van der Waals surface area (Å²) in [6.07, 6.45) is 3.69. The van der Waals surface area contributed by atoms with Crippen molar-refractivity contribution in [1.82, 2.24) is 9.78 Å². The van der Waals surface area contributed by atoms with Crippen LogP contribution in [-0.2, 0) is 6.54 Å². The summed E-state index contributed by atoms with van der Waals surface area (Å²) in [6, 6.07) is 8.85. The third-order valence-corrected chi connectivity index (χ3v) is 1.79. The van der Waals surface area contributed by atoms with E-state index in [0.717, 1.165) is 17.4 Å². The fourth-order valence-corrected chi connectivity index (χ4v) is 1.23. The summed E-state index contributed by atoms with van der Waals surface area (Å²) in [4.78, 5) is 0. The molecule has 0 unspecified atom stereocenters. The molecule has 12 heavy (non-hydrogen) atoms. The van der Waals surface area contributed by atoms with E-state index < -0.39 is 0 Å². The van der Waals surface area contributed by atoms with Gasteiger partial charge in [-0.1, -0.05) is 18.2 Å². The molecule has 0 atom stereocenters. The zero-order valence-corrected chi connectivity index (χ0v) is 6.70. The van der Waals surface area contributed by atoms with Gasteiger partial charge in [0.15, 0.2) is 0 Å². The highest BCUT2D eigenvalue weighted by atomic mass is 15.3. The second kappa shape index (κ2) is 2.81. The van der Waals surface area contributed by atoms with Gasteiger partial charge in [-0.2, -0.15) is 5.10 Å². The van der Waals surface area contributed by atoms with Crippen molar-refractivity contribution < 1.29 is 0 Å². The zero-order chi connectivity index (χ0) is 8.39. The Labute approximate surface area is 71.1 Å². The molecule has 0 saturated carbocycles. The van der Waals surface area contributed by atoms with Crippen LogP contribution in [-0.4, -0.2) is 9.78 Å². The van der Waals surface area contributed by atoms with Gasteiger partial charge in [0, 0.05) is 5.39 Å². The zero-order valence-electron chi connectivity index (χ0n) is 6.70. The molecule has 0 amide bonds. The summed E-state index contributed by atoms with van der Waals surface area (Å²) in [5.41, 5.74) is 1.11. The molecule has 0 aliphatic carbocycles. The lowest BCUT2D eigenvalue weighted by Gasteiger charge is -1.96. The number of fused-ring (bicyclic) bond motifs is 1. The van der Waals surface area contributed by atoms with E-state index in [4.69, 9.17) is 0 Å². The standard InChI is InChI=1S/C10H9N2/c1-2-7-12-10-6-4-3-5-9(10)8-11-12/h2-3,5-6,8H,1,7H2. The van der Waals surface area contributed by atoms with Crippen molar-refractivity contribution in [2.24, 2.45) is 0 Å². The van der Waals surface area contributed by atoms with E-state index in [2.05, 4.69) is 17.7 Å². The van der Waals surface area contributed by atoms with E-state index in [1.807, 2.05) is 35.2 Å². The summed E-state index contributed by atoms with van der Waals surface area (Å²) < 4.78 is 1.90. The van der Waals surface area contributed by atoms with Gasteiger partial charge in [0.25, 0.3) is 0 Å². The van der Waals surface area contributed by atoms with Gasteiger partial charge in [-0.25, -0.2) is 0 Å². The maximum absolute atomic E-state index is 4.21. The van der Waals surface area contributed by atoms with Crippen molar-refractivity contribution >= 4 is 10.9 Å². The van der Waals surface area contributed by atoms with E-state index in [1.54, 1.807) is 0 Å². The Morgan fingerprint density at radius 1 is 1.67 bits per heavy atom. The third kappa shape index (κ3) is 1.01. The van der Waals surface area contributed by atoms with Crippen molar-refractivity contribution in [3.8, 4) is 0 Å². The Bertz CT molecular complexity index is 401. The van der Waals surface area contributed by atoms with Gasteiger partial charge < -0.3 is 0 Å². The molecule has 2 rings (SSSR count). The normalized spacial score (nSPS) is 10.3. The molecule has 2 nitrogen and oxygen atoms in total. The monoisotopic (exact) mass is 157 g/mol. The van der Waals surface area contributed by atoms with Gasteiger partial charge in [-0.05, 0) is 12.1 Å². The van der Waals surface area contributed by atoms with E-state index in [-0.39, 0.29) is 0 Å². The molecule has 2 heteroatoms. The topological polar surface area (TPSA) is 17.8 Å². The predicted octanol–water partition coefficient (Wildman–Crippen LogP) is 2.02. The number of hydrogen-bond donors (Lipinski definition) is 0. The molecule has 1 radical (unpaired) electrons. The molecule has 0 saturated heterocycles. The molecule has 1 heterocycles. The number of aromatic nitrogens is 2. The Kier molecular flexibility index (Phi) is 1.67. The van der Waals surface area contributed by atoms with Crippen LogP contribution in [0.4, 0.5) is 0 Å². The van der Waals surface area contributed by atoms with Gasteiger partial charge in [0.05, 0.1) is 18.3 Å². The molecule has 1 aromatic carbocycles. The number of nitrogens with zero attached hydrogens (tertiary/aromatic N) is 2. The summed E-state index contributed by atoms with van der Waals surface area (Å²) in [5.74, 6) is 0. The Morgan fingerprint density at radius 2 is 2.58 bits per heavy atom. The van der Waals surface area contributed by atoms with Crippen molar-refractivity contribution in [2.45, 2.75) is 6.54 Å². The van der Waals surface area contributed by atoms with Gasteiger partial charge in [-0.3, -0.25) is 4.68 Å². The van der Waals surface area contributed by atoms with Crippen LogP contribution in [0.25, 0.3) is 10.9 Å². The average Bonchev–Trinajstić information content (AvgIpc) is 2.50. The lowest BCUT2D eigenvalue weighted by molar-refractivity contribution is 0.729. The van der Waals surface area contributed by atoms with Crippen molar-refractivity contribution in [2.75, 3.05) is 0 Å². The Morgan fingerprint density at radius 3 is 3.42 bits per heavy atom. The highest BCUT2D eigenvalue weighted by Gasteiger charge is 1.97. The van der Waals surface area contributed by atoms with Crippen LogP contribution in [0.3, 0.4) is 0 Å². The minimum atomic E-state index is 0.751. The van der Waals surface area contributed by atoms with Crippen LogP contribution in [0.5, 0.6) is 0 Å². The average molecular weight is 157 g/mol. The molecule has 1 aromatic heterocycles. The molecule has 0 bridgehead atoms. The SMILES string of the molecule is C=CCn1ncc2cc[c]cc21. The predicted molar refractivity (Wildman–Crippen MR) is 48.8 cm³/mol. The van der Waals surface area contributed by atoms with Crippen LogP contribution >= 0.6 is 0 Å². The largest absolute Gasteiger partial charge is 0.261 e. The van der Waals surface area contributed by atoms with Gasteiger partial charge in [-0.15, -0.1) is 6.58 Å². The summed E-state index contributed by atoms with van der Waals surface area (Å²) in [7, 11) is 0. The molecule has 59 valence electrons. The summed E-state index contributed by atoms with van der Waals surface area (Å²) >= 11 is 0. The van der Waals surface area contributed by atoms with Crippen LogP contribution in [0, 0.1) is 6.07 Å². The second-order valence-electron chi connectivity index (χ2n) is 2.60. The Hall–Kier alpha value is -1.57. The first-order chi connectivity index (χ1) is 5.92. The van der Waals surface area contributed by atoms with Crippen LogP contribution in [0.1, 0.15) is 0 Å². The number of benzene rings is 1. The Balaban J connectivity index is 2.62. The quantitative estimate of drug-likeness (QED) is 0.610. The first kappa shape index (κ1) is 7.10. The molecule has 0 N–H and O–H groups in total. The molecular weight excluding hydrogens is 148 g/mol. The smallest absolute Gasteiger partial charge is 0.0692 e. The van der Waals surface area contributed by atoms with Crippen molar-refractivity contribution in [3.63, 3.8) is 0 Å². The lowest BCUT2D eigenvalue weighted by Crippen LogP contribution is -1.95. The number of allylic oxidation sites excluding steroid dienone is 1. The number of rotatable bonds is 2. The molecular formula is C10H9N2. The fraction of sp³-hybridized carbons (Fsp3) is 0.100. The fourth-order valence-electron chi connectivity index (χ4n) is 1.23. The molecule has 0 fully saturated rings. The van der Waals surface area contributed by atoms with Crippen LogP contribution < -0.4 is 0 Å². The van der Waals surface area contributed by atoms with E-state index in [0.29, 0.717) is 0 Å². The molecule has 0 aliphatic rings. The minimum absolute atomic E-state index is 0.751. The van der Waals surface area contributed by atoms with Crippen molar-refractivity contribution in [1.29, 1.82) is 0 Å². The summed E-state index contributed by atoms with van der Waals surface area (Å²) in [5, 5.41) is 5.36. The maximum atomic E-state index is 4.21. The highest BCUT2D eigenvalue weighted by Crippen LogP contribution is 2.11. The molecule has 2 aromatic rings. The summed E-state index contributed by atoms with van der Waals surface area (Å²) in [6.45, 7) is 4.42. The third-order valence-electron chi connectivity index (χ3n) is 1.79. The van der Waals surface area contributed by atoms with Gasteiger partial charge in [0.2, 0.25) is 0 Å². The maximum Gasteiger partial charge on any atom is 0.0692 e. The number of hydrogen-bond acceptors (Lipinski definition) is 1. The first-order valence-corrected chi connectivity index (χ1v) is 3.84. The lowest BCUT2D eigenvalue weighted by atomic mass is 10.3. The second-order valence-corrected chi connectivity index (χ2v) is 2.60. The first-order valence-electron chi connectivity index (χ1n) is 3.84. The van der Waals surface area contributed by atoms with E-state index >= 15 is 0 Å². The van der Waals surface area contributed by atoms with Crippen LogP contribution in [0.2, 0.25) is 0 Å². The van der Waals surface area contributed by atoms with E-state index in [9.17, 15) is 0 Å². The van der Waals surface area contributed by atoms with Gasteiger partial charge in [0.1, 0.15) is 0 Å². The molecule has 0 aliphatic heterocycles. The van der Waals surface area contributed by atoms with E-state index in [1.165, 1.54) is 0 Å². The minimum Gasteiger partial charge on any atom is -0.261 e. The van der Waals surface area contributed by atoms with Crippen LogP contribution in [0.15, 0.2) is 37.1 Å². The molecule has 0 spiro atoms. The van der Waals surface area contributed by atoms with Gasteiger partial charge >= 0.3 is 0 Å². The highest BCUT2D eigenvalue weighted by molar-refractivity contribution is 5.78. The van der Waals surface area contributed by atoms with Crippen molar-refractivity contribution in [3.05, 3.63) is 43.1 Å².